The van der Waals surface area contributed by atoms with Crippen LogP contribution in [0.5, 0.6) is 0 Å². The molecule has 7 nitrogen and oxygen atoms in total. The third kappa shape index (κ3) is 3.53. The fourth-order valence-corrected chi connectivity index (χ4v) is 4.06. The van der Waals surface area contributed by atoms with Gasteiger partial charge in [-0.15, -0.1) is 5.10 Å². The second-order valence-electron chi connectivity index (χ2n) is 7.19. The van der Waals surface area contributed by atoms with Gasteiger partial charge in [0.25, 0.3) is 5.91 Å². The highest BCUT2D eigenvalue weighted by molar-refractivity contribution is 7.00. The van der Waals surface area contributed by atoms with Gasteiger partial charge in [-0.2, -0.15) is 8.75 Å². The predicted molar refractivity (Wildman–Crippen MR) is 116 cm³/mol. The molecular formula is C22H18N6OS. The highest BCUT2D eigenvalue weighted by atomic mass is 32.1. The molecule has 30 heavy (non-hydrogen) atoms. The van der Waals surface area contributed by atoms with Gasteiger partial charge in [0.15, 0.2) is 5.69 Å². The van der Waals surface area contributed by atoms with E-state index in [0.717, 1.165) is 22.2 Å². The van der Waals surface area contributed by atoms with E-state index >= 15 is 0 Å². The Balaban J connectivity index is 1.32. The summed E-state index contributed by atoms with van der Waals surface area (Å²) in [4.78, 5) is 14.5. The average molecular weight is 414 g/mol. The lowest BCUT2D eigenvalue weighted by Gasteiger charge is -2.15. The highest BCUT2D eigenvalue weighted by Crippen LogP contribution is 2.19. The maximum Gasteiger partial charge on any atom is 0.276 e. The van der Waals surface area contributed by atoms with E-state index in [1.54, 1.807) is 22.8 Å². The van der Waals surface area contributed by atoms with Gasteiger partial charge in [-0.3, -0.25) is 4.79 Å². The van der Waals surface area contributed by atoms with Crippen LogP contribution in [-0.2, 0) is 13.1 Å². The first-order valence-electron chi connectivity index (χ1n) is 9.51. The number of amides is 1. The van der Waals surface area contributed by atoms with Crippen LogP contribution >= 0.6 is 11.7 Å². The first-order chi connectivity index (χ1) is 14.7. The third-order valence-corrected chi connectivity index (χ3v) is 5.61. The fraction of sp³-hybridized carbons (Fsp3) is 0.136. The van der Waals surface area contributed by atoms with Crippen LogP contribution in [0.15, 0.2) is 66.9 Å². The minimum Gasteiger partial charge on any atom is -0.336 e. The van der Waals surface area contributed by atoms with Crippen molar-refractivity contribution in [2.24, 2.45) is 0 Å². The van der Waals surface area contributed by atoms with Gasteiger partial charge in [0.1, 0.15) is 11.0 Å². The van der Waals surface area contributed by atoms with Crippen molar-refractivity contribution in [2.45, 2.75) is 13.1 Å². The van der Waals surface area contributed by atoms with Crippen molar-refractivity contribution in [2.75, 3.05) is 7.05 Å². The molecule has 0 fully saturated rings. The van der Waals surface area contributed by atoms with Crippen molar-refractivity contribution in [1.29, 1.82) is 0 Å². The summed E-state index contributed by atoms with van der Waals surface area (Å²) in [6.07, 6.45) is 1.70. The van der Waals surface area contributed by atoms with Crippen LogP contribution < -0.4 is 0 Å². The Hall–Kier alpha value is -3.65. The van der Waals surface area contributed by atoms with Gasteiger partial charge in [0, 0.05) is 13.6 Å². The van der Waals surface area contributed by atoms with Gasteiger partial charge >= 0.3 is 0 Å². The minimum absolute atomic E-state index is 0.171. The summed E-state index contributed by atoms with van der Waals surface area (Å²) in [5.41, 5.74) is 4.17. The van der Waals surface area contributed by atoms with Gasteiger partial charge in [-0.05, 0) is 34.0 Å². The number of rotatable bonds is 5. The second kappa shape index (κ2) is 7.64. The second-order valence-corrected chi connectivity index (χ2v) is 7.72. The molecule has 0 aliphatic heterocycles. The average Bonchev–Trinajstić information content (AvgIpc) is 3.42. The molecule has 0 N–H and O–H groups in total. The zero-order valence-electron chi connectivity index (χ0n) is 16.3. The lowest BCUT2D eigenvalue weighted by Crippen LogP contribution is -2.26. The molecule has 0 saturated heterocycles. The highest BCUT2D eigenvalue weighted by Gasteiger charge is 2.17. The third-order valence-electron chi connectivity index (χ3n) is 5.05. The summed E-state index contributed by atoms with van der Waals surface area (Å²) < 4.78 is 10.2. The molecule has 0 aliphatic carbocycles. The first kappa shape index (κ1) is 18.4. The first-order valence-corrected chi connectivity index (χ1v) is 10.2. The molecular weight excluding hydrogens is 396 g/mol. The van der Waals surface area contributed by atoms with Crippen molar-refractivity contribution in [3.63, 3.8) is 0 Å². The van der Waals surface area contributed by atoms with Crippen LogP contribution in [0.3, 0.4) is 0 Å². The molecule has 0 aliphatic rings. The van der Waals surface area contributed by atoms with Gasteiger partial charge in [-0.25, -0.2) is 4.68 Å². The summed E-state index contributed by atoms with van der Waals surface area (Å²) in [6.45, 7) is 1.02. The van der Waals surface area contributed by atoms with Crippen LogP contribution in [-0.4, -0.2) is 41.6 Å². The number of benzene rings is 3. The molecule has 5 rings (SSSR count). The van der Waals surface area contributed by atoms with Gasteiger partial charge < -0.3 is 4.90 Å². The summed E-state index contributed by atoms with van der Waals surface area (Å²) in [6, 6.07) is 20.3. The maximum atomic E-state index is 12.8. The zero-order chi connectivity index (χ0) is 20.5. The van der Waals surface area contributed by atoms with Crippen molar-refractivity contribution in [3.05, 3.63) is 83.7 Å². The van der Waals surface area contributed by atoms with E-state index in [4.69, 9.17) is 0 Å². The van der Waals surface area contributed by atoms with Crippen molar-refractivity contribution >= 4 is 39.4 Å². The SMILES string of the molecule is CN(Cc1ccc2nsnc2c1)C(=O)c1cn(Cc2cccc3ccccc23)nn1. The molecule has 0 unspecified atom stereocenters. The van der Waals surface area contributed by atoms with E-state index in [1.165, 1.54) is 22.5 Å². The molecule has 0 atom stereocenters. The lowest BCUT2D eigenvalue weighted by molar-refractivity contribution is 0.0779. The van der Waals surface area contributed by atoms with E-state index in [-0.39, 0.29) is 5.91 Å². The van der Waals surface area contributed by atoms with E-state index in [0.29, 0.717) is 18.8 Å². The molecule has 2 aromatic heterocycles. The monoisotopic (exact) mass is 414 g/mol. The number of fused-ring (bicyclic) bond motifs is 2. The Morgan fingerprint density at radius 2 is 1.87 bits per heavy atom. The van der Waals surface area contributed by atoms with Crippen molar-refractivity contribution < 1.29 is 4.79 Å². The smallest absolute Gasteiger partial charge is 0.276 e. The van der Waals surface area contributed by atoms with Crippen LogP contribution in [0, 0.1) is 0 Å². The summed E-state index contributed by atoms with van der Waals surface area (Å²) in [5, 5.41) is 10.6. The van der Waals surface area contributed by atoms with Crippen molar-refractivity contribution in [1.82, 2.24) is 28.6 Å². The van der Waals surface area contributed by atoms with Gasteiger partial charge in [0.2, 0.25) is 0 Å². The van der Waals surface area contributed by atoms with Crippen LogP contribution in [0.2, 0.25) is 0 Å². The Morgan fingerprint density at radius 1 is 1.03 bits per heavy atom. The molecule has 0 radical (unpaired) electrons. The Morgan fingerprint density at radius 3 is 2.80 bits per heavy atom. The number of carbonyl (C=O) groups excluding carboxylic acids is 1. The molecule has 2 heterocycles. The maximum absolute atomic E-state index is 12.8. The van der Waals surface area contributed by atoms with Gasteiger partial charge in [-0.1, -0.05) is 53.7 Å². The molecule has 5 aromatic rings. The van der Waals surface area contributed by atoms with E-state index in [2.05, 4.69) is 43.3 Å². The van der Waals surface area contributed by atoms with Crippen LogP contribution in [0.1, 0.15) is 21.6 Å². The molecule has 1 amide bonds. The van der Waals surface area contributed by atoms with Gasteiger partial charge in [0.05, 0.1) is 24.5 Å². The number of nitrogens with zero attached hydrogens (tertiary/aromatic N) is 6. The summed E-state index contributed by atoms with van der Waals surface area (Å²) in [5.74, 6) is -0.171. The van der Waals surface area contributed by atoms with Crippen LogP contribution in [0.4, 0.5) is 0 Å². The number of hydrogen-bond acceptors (Lipinski definition) is 6. The van der Waals surface area contributed by atoms with E-state index in [1.807, 2.05) is 36.4 Å². The molecule has 0 saturated carbocycles. The minimum atomic E-state index is -0.171. The zero-order valence-corrected chi connectivity index (χ0v) is 17.1. The molecule has 8 heteroatoms. The predicted octanol–water partition coefficient (Wildman–Crippen LogP) is 3.76. The molecule has 148 valence electrons. The summed E-state index contributed by atoms with van der Waals surface area (Å²) >= 11 is 1.19. The normalized spacial score (nSPS) is 11.2. The Kier molecular flexibility index (Phi) is 4.68. The Bertz CT molecular complexity index is 1350. The number of hydrogen-bond donors (Lipinski definition) is 0. The quantitative estimate of drug-likeness (QED) is 0.438. The Labute approximate surface area is 176 Å². The van der Waals surface area contributed by atoms with E-state index < -0.39 is 0 Å². The largest absolute Gasteiger partial charge is 0.336 e. The van der Waals surface area contributed by atoms with Crippen LogP contribution in [0.25, 0.3) is 21.8 Å². The van der Waals surface area contributed by atoms with Crippen molar-refractivity contribution in [3.8, 4) is 0 Å². The number of carbonyl (C=O) groups is 1. The standard InChI is InChI=1S/C22H18N6OS/c1-27(12-15-9-10-19-20(11-15)25-30-24-19)22(29)21-14-28(26-23-21)13-17-7-4-6-16-5-2-3-8-18(16)17/h2-11,14H,12-13H2,1H3. The molecule has 0 spiro atoms. The molecule has 0 bridgehead atoms. The summed E-state index contributed by atoms with van der Waals surface area (Å²) in [7, 11) is 1.76. The lowest BCUT2D eigenvalue weighted by atomic mass is 10.0. The topological polar surface area (TPSA) is 76.8 Å². The molecule has 3 aromatic carbocycles. The van der Waals surface area contributed by atoms with E-state index in [9.17, 15) is 4.79 Å². The fourth-order valence-electron chi connectivity index (χ4n) is 3.55. The number of aromatic nitrogens is 5.